The molecular weight excluding hydrogens is 470 g/mol. The molecule has 0 spiro atoms. The summed E-state index contributed by atoms with van der Waals surface area (Å²) in [6.45, 7) is 1.89. The summed E-state index contributed by atoms with van der Waals surface area (Å²) in [5.41, 5.74) is 1.21. The van der Waals surface area contributed by atoms with Crippen LogP contribution in [0.25, 0.3) is 10.9 Å². The lowest BCUT2D eigenvalue weighted by Crippen LogP contribution is -2.15. The van der Waals surface area contributed by atoms with Gasteiger partial charge in [0.1, 0.15) is 11.5 Å². The summed E-state index contributed by atoms with van der Waals surface area (Å²) in [4.78, 5) is 25.4. The Labute approximate surface area is 205 Å². The van der Waals surface area contributed by atoms with Gasteiger partial charge in [0, 0.05) is 42.5 Å². The first kappa shape index (κ1) is 23.4. The lowest BCUT2D eigenvalue weighted by molar-refractivity contribution is 0.102. The molecule has 3 heterocycles. The van der Waals surface area contributed by atoms with Crippen molar-refractivity contribution in [3.8, 4) is 23.1 Å². The monoisotopic (exact) mass is 492 g/mol. The van der Waals surface area contributed by atoms with Crippen molar-refractivity contribution in [3.63, 3.8) is 0 Å². The Morgan fingerprint density at radius 3 is 2.56 bits per heavy atom. The number of nitrogens with zero attached hydrogens (tertiary/aromatic N) is 3. The van der Waals surface area contributed by atoms with E-state index >= 15 is 8.78 Å². The van der Waals surface area contributed by atoms with Crippen molar-refractivity contribution in [3.05, 3.63) is 71.8 Å². The maximum atomic E-state index is 15.0. The van der Waals surface area contributed by atoms with E-state index in [0.717, 1.165) is 25.0 Å². The van der Waals surface area contributed by atoms with Crippen LogP contribution in [-0.4, -0.2) is 34.1 Å². The first-order chi connectivity index (χ1) is 17.5. The maximum Gasteiger partial charge on any atom is 0.261 e. The van der Waals surface area contributed by atoms with Crippen LogP contribution in [0, 0.1) is 11.6 Å². The van der Waals surface area contributed by atoms with Crippen LogP contribution in [0.4, 0.5) is 14.5 Å². The summed E-state index contributed by atoms with van der Waals surface area (Å²) in [6, 6.07) is 6.68. The van der Waals surface area contributed by atoms with Gasteiger partial charge in [-0.1, -0.05) is 6.92 Å². The molecule has 1 amide bonds. The largest absolute Gasteiger partial charge is 0.489 e. The van der Waals surface area contributed by atoms with Gasteiger partial charge in [-0.3, -0.25) is 14.8 Å². The number of ether oxygens (including phenoxy) is 3. The van der Waals surface area contributed by atoms with Gasteiger partial charge in [0.15, 0.2) is 17.4 Å². The maximum absolute atomic E-state index is 15.0. The number of carbonyl (C=O) groups excluding carboxylic acids is 1. The second kappa shape index (κ2) is 9.73. The zero-order valence-electron chi connectivity index (χ0n) is 19.5. The Bertz CT molecular complexity index is 1440. The van der Waals surface area contributed by atoms with Gasteiger partial charge >= 0.3 is 0 Å². The van der Waals surface area contributed by atoms with Crippen molar-refractivity contribution in [2.24, 2.45) is 0 Å². The van der Waals surface area contributed by atoms with Crippen molar-refractivity contribution in [2.75, 3.05) is 12.4 Å². The number of benzene rings is 1. The molecule has 0 radical (unpaired) electrons. The number of anilines is 1. The quantitative estimate of drug-likeness (QED) is 0.349. The Kier molecular flexibility index (Phi) is 6.32. The van der Waals surface area contributed by atoms with Crippen molar-refractivity contribution < 1.29 is 27.8 Å². The van der Waals surface area contributed by atoms with E-state index in [1.54, 1.807) is 12.1 Å². The van der Waals surface area contributed by atoms with Gasteiger partial charge in [-0.25, -0.2) is 13.8 Å². The SMILES string of the molecule is CCc1nc(OC)cc2nccc(Oc3c(F)cc(NC(=O)c4cnccc4OC4CC4)cc3F)c12. The van der Waals surface area contributed by atoms with E-state index in [4.69, 9.17) is 14.2 Å². The van der Waals surface area contributed by atoms with Crippen LogP contribution in [-0.2, 0) is 6.42 Å². The van der Waals surface area contributed by atoms with Crippen LogP contribution in [0.2, 0.25) is 0 Å². The van der Waals surface area contributed by atoms with Crippen LogP contribution < -0.4 is 19.5 Å². The highest BCUT2D eigenvalue weighted by Crippen LogP contribution is 2.36. The highest BCUT2D eigenvalue weighted by molar-refractivity contribution is 6.06. The van der Waals surface area contributed by atoms with E-state index < -0.39 is 23.3 Å². The lowest BCUT2D eigenvalue weighted by atomic mass is 10.1. The van der Waals surface area contributed by atoms with E-state index in [0.29, 0.717) is 34.6 Å². The number of pyridine rings is 3. The van der Waals surface area contributed by atoms with Crippen LogP contribution >= 0.6 is 0 Å². The van der Waals surface area contributed by atoms with Crippen molar-refractivity contribution in [1.82, 2.24) is 15.0 Å². The second-order valence-electron chi connectivity index (χ2n) is 8.18. The molecular formula is C26H22F2N4O4. The summed E-state index contributed by atoms with van der Waals surface area (Å²) < 4.78 is 46.6. The van der Waals surface area contributed by atoms with Gasteiger partial charge < -0.3 is 19.5 Å². The topological polar surface area (TPSA) is 95.5 Å². The highest BCUT2D eigenvalue weighted by Gasteiger charge is 2.26. The number of aromatic nitrogens is 3. The minimum absolute atomic E-state index is 0.0686. The van der Waals surface area contributed by atoms with Gasteiger partial charge in [-0.05, 0) is 31.4 Å². The molecule has 8 nitrogen and oxygen atoms in total. The number of methoxy groups -OCH3 is 1. The van der Waals surface area contributed by atoms with E-state index in [1.807, 2.05) is 6.92 Å². The first-order valence-electron chi connectivity index (χ1n) is 11.4. The molecule has 184 valence electrons. The van der Waals surface area contributed by atoms with Crippen LogP contribution in [0.3, 0.4) is 0 Å². The average Bonchev–Trinajstić information content (AvgIpc) is 3.69. The van der Waals surface area contributed by atoms with Gasteiger partial charge in [0.25, 0.3) is 5.91 Å². The summed E-state index contributed by atoms with van der Waals surface area (Å²) in [6.07, 6.45) is 6.74. The number of rotatable bonds is 8. The molecule has 36 heavy (non-hydrogen) atoms. The second-order valence-corrected chi connectivity index (χ2v) is 8.18. The predicted octanol–water partition coefficient (Wildman–Crippen LogP) is 5.46. The number of hydrogen-bond acceptors (Lipinski definition) is 7. The molecule has 1 N–H and O–H groups in total. The molecule has 10 heteroatoms. The van der Waals surface area contributed by atoms with Gasteiger partial charge in [-0.15, -0.1) is 0 Å². The number of fused-ring (bicyclic) bond motifs is 1. The van der Waals surface area contributed by atoms with Crippen molar-refractivity contribution in [1.29, 1.82) is 0 Å². The fraction of sp³-hybridized carbons (Fsp3) is 0.231. The molecule has 0 unspecified atom stereocenters. The Morgan fingerprint density at radius 2 is 1.86 bits per heavy atom. The Balaban J connectivity index is 1.42. The van der Waals surface area contributed by atoms with Crippen molar-refractivity contribution in [2.45, 2.75) is 32.3 Å². The number of nitrogens with one attached hydrogen (secondary N) is 1. The number of halogens is 2. The summed E-state index contributed by atoms with van der Waals surface area (Å²) in [5, 5.41) is 3.02. The highest BCUT2D eigenvalue weighted by atomic mass is 19.1. The molecule has 4 aromatic rings. The van der Waals surface area contributed by atoms with Gasteiger partial charge in [-0.2, -0.15) is 0 Å². The summed E-state index contributed by atoms with van der Waals surface area (Å²) in [5.74, 6) is -2.26. The third-order valence-corrected chi connectivity index (χ3v) is 5.59. The number of hydrogen-bond donors (Lipinski definition) is 1. The normalized spacial score (nSPS) is 12.9. The molecule has 1 aromatic carbocycles. The molecule has 1 aliphatic rings. The smallest absolute Gasteiger partial charge is 0.261 e. The molecule has 1 saturated carbocycles. The number of carbonyl (C=O) groups is 1. The van der Waals surface area contributed by atoms with Gasteiger partial charge in [0.2, 0.25) is 5.88 Å². The lowest BCUT2D eigenvalue weighted by Gasteiger charge is -2.14. The summed E-state index contributed by atoms with van der Waals surface area (Å²) in [7, 11) is 1.49. The van der Waals surface area contributed by atoms with E-state index in [-0.39, 0.29) is 23.1 Å². The molecule has 1 fully saturated rings. The Hall–Kier alpha value is -4.34. The number of aryl methyl sites for hydroxylation is 1. The molecule has 1 aliphatic carbocycles. The van der Waals surface area contributed by atoms with E-state index in [2.05, 4.69) is 20.3 Å². The third kappa shape index (κ3) is 4.74. The first-order valence-corrected chi connectivity index (χ1v) is 11.4. The van der Waals surface area contributed by atoms with Crippen molar-refractivity contribution >= 4 is 22.5 Å². The average molecular weight is 492 g/mol. The summed E-state index contributed by atoms with van der Waals surface area (Å²) >= 11 is 0. The molecule has 0 atom stereocenters. The minimum atomic E-state index is -0.990. The van der Waals surface area contributed by atoms with Gasteiger partial charge in [0.05, 0.1) is 35.4 Å². The molecule has 3 aromatic heterocycles. The third-order valence-electron chi connectivity index (χ3n) is 5.59. The standard InChI is InChI=1S/C26H22F2N4O4/c1-3-19-24-20(12-23(32-19)34-2)30-9-7-22(24)36-25-17(27)10-14(11-18(25)28)31-26(33)16-13-29-8-6-21(16)35-15-4-5-15/h6-13,15H,3-5H2,1-2H3,(H,31,33). The van der Waals surface area contributed by atoms with Crippen LogP contribution in [0.5, 0.6) is 23.1 Å². The minimum Gasteiger partial charge on any atom is -0.489 e. The Morgan fingerprint density at radius 1 is 1.11 bits per heavy atom. The predicted molar refractivity (Wildman–Crippen MR) is 128 cm³/mol. The van der Waals surface area contributed by atoms with Crippen LogP contribution in [0.15, 0.2) is 48.9 Å². The zero-order chi connectivity index (χ0) is 25.2. The fourth-order valence-corrected chi connectivity index (χ4v) is 3.70. The van der Waals surface area contributed by atoms with E-state index in [1.165, 1.54) is 31.8 Å². The fourth-order valence-electron chi connectivity index (χ4n) is 3.70. The van der Waals surface area contributed by atoms with Crippen LogP contribution in [0.1, 0.15) is 35.8 Å². The molecule has 5 rings (SSSR count). The zero-order valence-corrected chi connectivity index (χ0v) is 19.5. The molecule has 0 aliphatic heterocycles. The number of amides is 1. The molecule has 0 bridgehead atoms. The van der Waals surface area contributed by atoms with E-state index in [9.17, 15) is 4.79 Å². The molecule has 0 saturated heterocycles.